The third kappa shape index (κ3) is 3.46. The molecular weight excluding hydrogens is 272 g/mol. The van der Waals surface area contributed by atoms with E-state index >= 15 is 0 Å². The fourth-order valence-electron chi connectivity index (χ4n) is 2.61. The number of aliphatic hydroxyl groups is 1. The van der Waals surface area contributed by atoms with Gasteiger partial charge in [0.05, 0.1) is 12.1 Å². The minimum Gasteiger partial charge on any atom is -0.486 e. The molecule has 2 aliphatic heterocycles. The summed E-state index contributed by atoms with van der Waals surface area (Å²) in [5.74, 6) is 1.49. The summed E-state index contributed by atoms with van der Waals surface area (Å²) >= 11 is 0. The molecule has 0 spiro atoms. The predicted octanol–water partition coefficient (Wildman–Crippen LogP) is -0.161. The highest BCUT2D eigenvalue weighted by atomic mass is 16.6. The van der Waals surface area contributed by atoms with Gasteiger partial charge in [-0.1, -0.05) is 6.07 Å². The summed E-state index contributed by atoms with van der Waals surface area (Å²) in [6, 6.07) is 5.57. The maximum Gasteiger partial charge on any atom is 0.237 e. The lowest BCUT2D eigenvalue weighted by Crippen LogP contribution is -2.41. The normalized spacial score (nSPS) is 23.9. The van der Waals surface area contributed by atoms with Crippen LogP contribution < -0.4 is 20.1 Å². The molecule has 0 radical (unpaired) electrons. The fraction of sp³-hybridized carbons (Fsp3) is 0.533. The Balaban J connectivity index is 1.48. The number of fused-ring (bicyclic) bond motifs is 1. The molecule has 2 heterocycles. The van der Waals surface area contributed by atoms with Gasteiger partial charge < -0.3 is 25.2 Å². The molecule has 21 heavy (non-hydrogen) atoms. The van der Waals surface area contributed by atoms with Crippen molar-refractivity contribution in [3.63, 3.8) is 0 Å². The van der Waals surface area contributed by atoms with E-state index < -0.39 is 6.10 Å². The summed E-state index contributed by atoms with van der Waals surface area (Å²) in [5, 5.41) is 15.3. The predicted molar refractivity (Wildman–Crippen MR) is 76.6 cm³/mol. The van der Waals surface area contributed by atoms with Gasteiger partial charge in [-0.2, -0.15) is 0 Å². The highest BCUT2D eigenvalue weighted by molar-refractivity contribution is 5.82. The summed E-state index contributed by atoms with van der Waals surface area (Å²) in [7, 11) is 0. The van der Waals surface area contributed by atoms with E-state index in [4.69, 9.17) is 9.47 Å². The van der Waals surface area contributed by atoms with Gasteiger partial charge in [0, 0.05) is 13.1 Å². The van der Waals surface area contributed by atoms with E-state index in [-0.39, 0.29) is 11.9 Å². The molecule has 1 amide bonds. The first kappa shape index (κ1) is 14.2. The van der Waals surface area contributed by atoms with Crippen LogP contribution in [0.3, 0.4) is 0 Å². The molecule has 1 fully saturated rings. The summed E-state index contributed by atoms with van der Waals surface area (Å²) in [5.41, 5.74) is 1.10. The van der Waals surface area contributed by atoms with Crippen molar-refractivity contribution in [2.75, 3.05) is 26.3 Å². The molecule has 0 unspecified atom stereocenters. The van der Waals surface area contributed by atoms with E-state index in [2.05, 4.69) is 10.6 Å². The molecule has 114 valence electrons. The van der Waals surface area contributed by atoms with Gasteiger partial charge in [-0.05, 0) is 30.5 Å². The van der Waals surface area contributed by atoms with Gasteiger partial charge in [0.1, 0.15) is 13.2 Å². The molecule has 3 N–H and O–H groups in total. The average molecular weight is 292 g/mol. The molecule has 0 aliphatic carbocycles. The van der Waals surface area contributed by atoms with E-state index in [1.807, 2.05) is 18.2 Å². The first-order chi connectivity index (χ1) is 10.2. The van der Waals surface area contributed by atoms with Crippen LogP contribution in [0.5, 0.6) is 11.5 Å². The van der Waals surface area contributed by atoms with Crippen LogP contribution in [0.4, 0.5) is 0 Å². The smallest absolute Gasteiger partial charge is 0.237 e. The minimum atomic E-state index is -0.418. The number of ether oxygens (including phenoxy) is 2. The number of β-amino-alcohol motifs (C(OH)–C–C–N with tert-alkyl or cyclic N) is 1. The fourth-order valence-corrected chi connectivity index (χ4v) is 2.61. The Morgan fingerprint density at radius 2 is 2.14 bits per heavy atom. The maximum absolute atomic E-state index is 11.9. The second-order valence-corrected chi connectivity index (χ2v) is 5.37. The number of carbonyl (C=O) groups excluding carboxylic acids is 1. The molecule has 2 aliphatic rings. The molecule has 0 aromatic heterocycles. The van der Waals surface area contributed by atoms with E-state index in [9.17, 15) is 9.90 Å². The monoisotopic (exact) mass is 292 g/mol. The van der Waals surface area contributed by atoms with E-state index in [1.54, 1.807) is 0 Å². The van der Waals surface area contributed by atoms with Crippen LogP contribution in [-0.4, -0.2) is 49.5 Å². The number of rotatable bonds is 4. The molecule has 0 saturated carbocycles. The van der Waals surface area contributed by atoms with Crippen LogP contribution in [0.15, 0.2) is 18.2 Å². The average Bonchev–Trinajstić information content (AvgIpc) is 2.94. The van der Waals surface area contributed by atoms with Crippen molar-refractivity contribution in [2.45, 2.75) is 25.0 Å². The third-order valence-electron chi connectivity index (χ3n) is 3.74. The zero-order valence-electron chi connectivity index (χ0n) is 11.8. The van der Waals surface area contributed by atoms with Crippen LogP contribution in [0.2, 0.25) is 0 Å². The zero-order valence-corrected chi connectivity index (χ0v) is 11.8. The van der Waals surface area contributed by atoms with Crippen molar-refractivity contribution in [3.05, 3.63) is 23.8 Å². The molecule has 6 nitrogen and oxygen atoms in total. The largest absolute Gasteiger partial charge is 0.486 e. The number of carbonyl (C=O) groups is 1. The quantitative estimate of drug-likeness (QED) is 0.718. The first-order valence-electron chi connectivity index (χ1n) is 7.30. The zero-order chi connectivity index (χ0) is 14.7. The standard InChI is InChI=1S/C15H20N2O4/c18-11-8-12(17-9-11)15(19)16-4-3-10-1-2-13-14(7-10)21-6-5-20-13/h1-2,7,11-12,17-18H,3-6,8-9H2,(H,16,19)/t11-,12+/m0/s1. The van der Waals surface area contributed by atoms with Crippen LogP contribution in [0, 0.1) is 0 Å². The highest BCUT2D eigenvalue weighted by Crippen LogP contribution is 2.30. The summed E-state index contributed by atoms with van der Waals surface area (Å²) < 4.78 is 11.0. The van der Waals surface area contributed by atoms with Crippen molar-refractivity contribution in [2.24, 2.45) is 0 Å². The topological polar surface area (TPSA) is 79.8 Å². The second kappa shape index (κ2) is 6.32. The first-order valence-corrected chi connectivity index (χ1v) is 7.30. The number of nitrogens with one attached hydrogen (secondary N) is 2. The summed E-state index contributed by atoms with van der Waals surface area (Å²) in [6.45, 7) is 2.21. The molecular formula is C15H20N2O4. The molecule has 1 saturated heterocycles. The number of amides is 1. The lowest BCUT2D eigenvalue weighted by Gasteiger charge is -2.19. The minimum absolute atomic E-state index is 0.0518. The van der Waals surface area contributed by atoms with Gasteiger partial charge in [0.25, 0.3) is 0 Å². The molecule has 6 heteroatoms. The molecule has 1 aromatic rings. The van der Waals surface area contributed by atoms with Crippen molar-refractivity contribution >= 4 is 5.91 Å². The van der Waals surface area contributed by atoms with Gasteiger partial charge in [-0.15, -0.1) is 0 Å². The molecule has 0 bridgehead atoms. The Bertz CT molecular complexity index is 520. The SMILES string of the molecule is O=C(NCCc1ccc2c(c1)OCCO2)[C@H]1C[C@H](O)CN1. The van der Waals surface area contributed by atoms with Crippen LogP contribution in [-0.2, 0) is 11.2 Å². The van der Waals surface area contributed by atoms with Crippen LogP contribution >= 0.6 is 0 Å². The van der Waals surface area contributed by atoms with Gasteiger partial charge in [0.15, 0.2) is 11.5 Å². The van der Waals surface area contributed by atoms with Gasteiger partial charge in [-0.3, -0.25) is 4.79 Å². The number of benzene rings is 1. The molecule has 3 rings (SSSR count). The number of aliphatic hydroxyl groups excluding tert-OH is 1. The lowest BCUT2D eigenvalue weighted by atomic mass is 10.1. The van der Waals surface area contributed by atoms with E-state index in [0.29, 0.717) is 32.7 Å². The van der Waals surface area contributed by atoms with Gasteiger partial charge >= 0.3 is 0 Å². The Labute approximate surface area is 123 Å². The lowest BCUT2D eigenvalue weighted by molar-refractivity contribution is -0.122. The second-order valence-electron chi connectivity index (χ2n) is 5.37. The maximum atomic E-state index is 11.9. The third-order valence-corrected chi connectivity index (χ3v) is 3.74. The Hall–Kier alpha value is -1.79. The van der Waals surface area contributed by atoms with Crippen LogP contribution in [0.1, 0.15) is 12.0 Å². The van der Waals surface area contributed by atoms with E-state index in [0.717, 1.165) is 23.5 Å². The van der Waals surface area contributed by atoms with Gasteiger partial charge in [0.2, 0.25) is 5.91 Å². The summed E-state index contributed by atoms with van der Waals surface area (Å²) in [6.07, 6.45) is 0.798. The van der Waals surface area contributed by atoms with Crippen molar-refractivity contribution < 1.29 is 19.4 Å². The van der Waals surface area contributed by atoms with Crippen LogP contribution in [0.25, 0.3) is 0 Å². The van der Waals surface area contributed by atoms with Crippen molar-refractivity contribution in [3.8, 4) is 11.5 Å². The Morgan fingerprint density at radius 1 is 1.33 bits per heavy atom. The van der Waals surface area contributed by atoms with Crippen molar-refractivity contribution in [1.82, 2.24) is 10.6 Å². The Morgan fingerprint density at radius 3 is 2.90 bits per heavy atom. The Kier molecular flexibility index (Phi) is 4.26. The summed E-state index contributed by atoms with van der Waals surface area (Å²) in [4.78, 5) is 11.9. The number of hydrogen-bond acceptors (Lipinski definition) is 5. The van der Waals surface area contributed by atoms with Gasteiger partial charge in [-0.25, -0.2) is 0 Å². The molecule has 1 aromatic carbocycles. The van der Waals surface area contributed by atoms with E-state index in [1.165, 1.54) is 0 Å². The number of hydrogen-bond donors (Lipinski definition) is 3. The molecule has 2 atom stereocenters. The van der Waals surface area contributed by atoms with Crippen molar-refractivity contribution in [1.29, 1.82) is 0 Å². The highest BCUT2D eigenvalue weighted by Gasteiger charge is 2.27.